The Hall–Kier alpha value is -3.04. The maximum Gasteiger partial charge on any atom is 0.348 e. The zero-order valence-electron chi connectivity index (χ0n) is 15.1. The number of benzene rings is 2. The molecule has 0 saturated heterocycles. The maximum atomic E-state index is 13.8. The number of thiophene rings is 1. The molecule has 0 atom stereocenters. The van der Waals surface area contributed by atoms with Crippen LogP contribution < -0.4 is 0 Å². The van der Waals surface area contributed by atoms with Crippen LogP contribution in [0.3, 0.4) is 0 Å². The van der Waals surface area contributed by atoms with E-state index in [9.17, 15) is 24.1 Å². The third kappa shape index (κ3) is 4.69. The van der Waals surface area contributed by atoms with Gasteiger partial charge in [0.25, 0.3) is 11.6 Å². The van der Waals surface area contributed by atoms with E-state index in [0.717, 1.165) is 11.3 Å². The van der Waals surface area contributed by atoms with Crippen molar-refractivity contribution in [2.45, 2.75) is 6.54 Å². The molecule has 0 radical (unpaired) electrons. The molecule has 0 spiro atoms. The van der Waals surface area contributed by atoms with Gasteiger partial charge in [0.05, 0.1) is 4.92 Å². The van der Waals surface area contributed by atoms with E-state index >= 15 is 0 Å². The summed E-state index contributed by atoms with van der Waals surface area (Å²) in [5.74, 6) is -1.79. The Morgan fingerprint density at radius 2 is 2.03 bits per heavy atom. The van der Waals surface area contributed by atoms with Gasteiger partial charge in [0.1, 0.15) is 10.7 Å². The normalized spacial score (nSPS) is 10.7. The minimum absolute atomic E-state index is 0.0750. The Labute approximate surface area is 173 Å². The molecule has 7 nitrogen and oxygen atoms in total. The van der Waals surface area contributed by atoms with Crippen LogP contribution in [0.4, 0.5) is 10.1 Å². The molecule has 0 saturated carbocycles. The summed E-state index contributed by atoms with van der Waals surface area (Å²) in [6, 6.07) is 9.95. The highest BCUT2D eigenvalue weighted by Crippen LogP contribution is 2.29. The van der Waals surface area contributed by atoms with Crippen molar-refractivity contribution < 1.29 is 23.6 Å². The summed E-state index contributed by atoms with van der Waals surface area (Å²) in [6.07, 6.45) is 0. The minimum atomic E-state index is -0.723. The van der Waals surface area contributed by atoms with Gasteiger partial charge in [-0.15, -0.1) is 11.3 Å². The first-order valence-electron chi connectivity index (χ1n) is 8.28. The van der Waals surface area contributed by atoms with Crippen LogP contribution in [0.5, 0.6) is 0 Å². The number of likely N-dealkylation sites (N-methyl/N-ethyl adjacent to an activating group) is 1. The maximum absolute atomic E-state index is 13.8. The zero-order valence-corrected chi connectivity index (χ0v) is 16.6. The summed E-state index contributed by atoms with van der Waals surface area (Å²) in [7, 11) is 1.44. The summed E-state index contributed by atoms with van der Waals surface area (Å²) >= 11 is 7.05. The molecule has 3 rings (SSSR count). The van der Waals surface area contributed by atoms with E-state index in [2.05, 4.69) is 0 Å². The Morgan fingerprint density at radius 3 is 2.72 bits per heavy atom. The molecule has 29 heavy (non-hydrogen) atoms. The second-order valence-corrected chi connectivity index (χ2v) is 7.61. The van der Waals surface area contributed by atoms with Crippen LogP contribution in [-0.4, -0.2) is 35.4 Å². The van der Waals surface area contributed by atoms with Crippen molar-refractivity contribution in [3.63, 3.8) is 0 Å². The fourth-order valence-corrected chi connectivity index (χ4v) is 3.72. The lowest BCUT2D eigenvalue weighted by Gasteiger charge is -2.18. The van der Waals surface area contributed by atoms with E-state index in [1.165, 1.54) is 48.3 Å². The number of amides is 1. The SMILES string of the molecule is CN(Cc1c(F)cccc1Cl)C(=O)COC(=O)c1cc2cc([N+](=O)[O-])ccc2s1. The molecule has 10 heteroatoms. The Bertz CT molecular complexity index is 1100. The standard InChI is InChI=1S/C19H14ClFN2O5S/c1-22(9-13-14(20)3-2-4-15(13)21)18(24)10-28-19(25)17-8-11-7-12(23(26)27)5-6-16(11)29-17/h2-8H,9-10H2,1H3. The molecule has 150 valence electrons. The first-order chi connectivity index (χ1) is 13.8. The van der Waals surface area contributed by atoms with Gasteiger partial charge < -0.3 is 9.64 Å². The van der Waals surface area contributed by atoms with Crippen LogP contribution in [-0.2, 0) is 16.1 Å². The molecule has 0 unspecified atom stereocenters. The number of ether oxygens (including phenoxy) is 1. The predicted octanol–water partition coefficient (Wildman–Crippen LogP) is 4.42. The van der Waals surface area contributed by atoms with Gasteiger partial charge in [-0.2, -0.15) is 0 Å². The number of hydrogen-bond donors (Lipinski definition) is 0. The first-order valence-corrected chi connectivity index (χ1v) is 9.47. The zero-order chi connectivity index (χ0) is 21.1. The van der Waals surface area contributed by atoms with Crippen LogP contribution in [0.2, 0.25) is 5.02 Å². The van der Waals surface area contributed by atoms with Crippen LogP contribution >= 0.6 is 22.9 Å². The van der Waals surface area contributed by atoms with Crippen molar-refractivity contribution in [3.8, 4) is 0 Å². The number of nitro groups is 1. The molecule has 0 aliphatic heterocycles. The number of esters is 1. The van der Waals surface area contributed by atoms with Crippen molar-refractivity contribution in [3.05, 3.63) is 73.9 Å². The molecule has 0 bridgehead atoms. The van der Waals surface area contributed by atoms with E-state index in [1.54, 1.807) is 6.07 Å². The molecule has 1 aromatic heterocycles. The number of halogens is 2. The number of nitro benzene ring substituents is 1. The first kappa shape index (κ1) is 20.7. The number of hydrogen-bond acceptors (Lipinski definition) is 6. The highest BCUT2D eigenvalue weighted by molar-refractivity contribution is 7.20. The van der Waals surface area contributed by atoms with E-state index in [1.807, 2.05) is 0 Å². The van der Waals surface area contributed by atoms with Gasteiger partial charge in [0.2, 0.25) is 0 Å². The summed E-state index contributed by atoms with van der Waals surface area (Å²) in [4.78, 5) is 36.2. The highest BCUT2D eigenvalue weighted by Gasteiger charge is 2.18. The molecule has 3 aromatic rings. The highest BCUT2D eigenvalue weighted by atomic mass is 35.5. The van der Waals surface area contributed by atoms with Crippen molar-refractivity contribution in [2.24, 2.45) is 0 Å². The van der Waals surface area contributed by atoms with E-state index in [4.69, 9.17) is 16.3 Å². The molecule has 1 amide bonds. The minimum Gasteiger partial charge on any atom is -0.451 e. The molecule has 0 aliphatic rings. The smallest absolute Gasteiger partial charge is 0.348 e. The van der Waals surface area contributed by atoms with Gasteiger partial charge in [-0.05, 0) is 24.3 Å². The number of fused-ring (bicyclic) bond motifs is 1. The predicted molar refractivity (Wildman–Crippen MR) is 107 cm³/mol. The van der Waals surface area contributed by atoms with Crippen molar-refractivity contribution >= 4 is 50.6 Å². The Kier molecular flexibility index (Phi) is 6.09. The van der Waals surface area contributed by atoms with Crippen molar-refractivity contribution in [1.82, 2.24) is 4.90 Å². The lowest BCUT2D eigenvalue weighted by Crippen LogP contribution is -2.31. The second kappa shape index (κ2) is 8.54. The third-order valence-electron chi connectivity index (χ3n) is 4.12. The second-order valence-electron chi connectivity index (χ2n) is 6.12. The fourth-order valence-electron chi connectivity index (χ4n) is 2.56. The van der Waals surface area contributed by atoms with Gasteiger partial charge in [-0.25, -0.2) is 9.18 Å². The number of non-ortho nitro benzene ring substituents is 1. The molecular formula is C19H14ClFN2O5S. The van der Waals surface area contributed by atoms with Gasteiger partial charge in [0, 0.05) is 46.4 Å². The fraction of sp³-hybridized carbons (Fsp3) is 0.158. The summed E-state index contributed by atoms with van der Waals surface area (Å²) in [5, 5.41) is 11.6. The molecule has 0 fully saturated rings. The van der Waals surface area contributed by atoms with E-state index < -0.39 is 29.2 Å². The lowest BCUT2D eigenvalue weighted by atomic mass is 10.2. The van der Waals surface area contributed by atoms with Gasteiger partial charge in [-0.3, -0.25) is 14.9 Å². The number of rotatable bonds is 6. The Morgan fingerprint density at radius 1 is 1.28 bits per heavy atom. The molecule has 0 aliphatic carbocycles. The average Bonchev–Trinajstić information content (AvgIpc) is 3.12. The third-order valence-corrected chi connectivity index (χ3v) is 5.57. The number of carbonyl (C=O) groups is 2. The van der Waals surface area contributed by atoms with Crippen LogP contribution in [0.15, 0.2) is 42.5 Å². The molecule has 2 aromatic carbocycles. The van der Waals surface area contributed by atoms with Gasteiger partial charge >= 0.3 is 5.97 Å². The summed E-state index contributed by atoms with van der Waals surface area (Å²) in [6.45, 7) is -0.607. The molecule has 0 N–H and O–H groups in total. The number of nitrogens with zero attached hydrogens (tertiary/aromatic N) is 2. The summed E-state index contributed by atoms with van der Waals surface area (Å²) < 4.78 is 19.6. The molecule has 1 heterocycles. The van der Waals surface area contributed by atoms with E-state index in [0.29, 0.717) is 10.1 Å². The average molecular weight is 437 g/mol. The topological polar surface area (TPSA) is 89.8 Å². The number of carbonyl (C=O) groups excluding carboxylic acids is 2. The van der Waals surface area contributed by atoms with Gasteiger partial charge in [0.15, 0.2) is 6.61 Å². The van der Waals surface area contributed by atoms with Crippen LogP contribution in [0.1, 0.15) is 15.2 Å². The van der Waals surface area contributed by atoms with Gasteiger partial charge in [-0.1, -0.05) is 17.7 Å². The molecular weight excluding hydrogens is 423 g/mol. The largest absolute Gasteiger partial charge is 0.451 e. The van der Waals surface area contributed by atoms with Crippen molar-refractivity contribution in [1.29, 1.82) is 0 Å². The van der Waals surface area contributed by atoms with Crippen molar-refractivity contribution in [2.75, 3.05) is 13.7 Å². The lowest BCUT2D eigenvalue weighted by molar-refractivity contribution is -0.384. The van der Waals surface area contributed by atoms with E-state index in [-0.39, 0.29) is 27.7 Å². The van der Waals surface area contributed by atoms with Crippen LogP contribution in [0.25, 0.3) is 10.1 Å². The Balaban J connectivity index is 1.63. The van der Waals surface area contributed by atoms with Crippen LogP contribution in [0, 0.1) is 15.9 Å². The quantitative estimate of drug-likeness (QED) is 0.324. The summed E-state index contributed by atoms with van der Waals surface area (Å²) in [5.41, 5.74) is 0.0845. The monoisotopic (exact) mass is 436 g/mol.